The van der Waals surface area contributed by atoms with Gasteiger partial charge in [-0.2, -0.15) is 0 Å². The van der Waals surface area contributed by atoms with Gasteiger partial charge < -0.3 is 5.32 Å². The molecule has 0 radical (unpaired) electrons. The predicted molar refractivity (Wildman–Crippen MR) is 72.1 cm³/mol. The van der Waals surface area contributed by atoms with Crippen LogP contribution in [0, 0.1) is 0 Å². The van der Waals surface area contributed by atoms with Crippen LogP contribution in [0.4, 0.5) is 0 Å². The SMILES string of the molecule is CC(CCc1ccccc1)NCc1cnnn1C. The molecule has 1 aromatic heterocycles. The monoisotopic (exact) mass is 244 g/mol. The van der Waals surface area contributed by atoms with Gasteiger partial charge in [-0.1, -0.05) is 35.5 Å². The van der Waals surface area contributed by atoms with E-state index in [-0.39, 0.29) is 0 Å². The molecule has 1 N–H and O–H groups in total. The summed E-state index contributed by atoms with van der Waals surface area (Å²) in [6, 6.07) is 11.1. The molecule has 0 aliphatic heterocycles. The lowest BCUT2D eigenvalue weighted by atomic mass is 10.1. The lowest BCUT2D eigenvalue weighted by molar-refractivity contribution is 0.499. The van der Waals surface area contributed by atoms with Crippen LogP contribution in [0.3, 0.4) is 0 Å². The Morgan fingerprint density at radius 3 is 2.72 bits per heavy atom. The molecule has 1 aromatic carbocycles. The van der Waals surface area contributed by atoms with Crippen molar-refractivity contribution in [2.45, 2.75) is 32.4 Å². The van der Waals surface area contributed by atoms with Gasteiger partial charge in [0.25, 0.3) is 0 Å². The van der Waals surface area contributed by atoms with Crippen LogP contribution < -0.4 is 5.32 Å². The molecule has 0 fully saturated rings. The maximum absolute atomic E-state index is 3.91. The number of hydrogen-bond donors (Lipinski definition) is 1. The molecular formula is C14H20N4. The van der Waals surface area contributed by atoms with E-state index in [1.807, 2.05) is 7.05 Å². The lowest BCUT2D eigenvalue weighted by Crippen LogP contribution is -2.26. The molecule has 96 valence electrons. The first-order valence-electron chi connectivity index (χ1n) is 6.36. The normalized spacial score (nSPS) is 12.6. The van der Waals surface area contributed by atoms with Crippen LogP contribution in [0.1, 0.15) is 24.6 Å². The van der Waals surface area contributed by atoms with E-state index in [1.165, 1.54) is 5.56 Å². The minimum Gasteiger partial charge on any atom is -0.309 e. The topological polar surface area (TPSA) is 42.7 Å². The summed E-state index contributed by atoms with van der Waals surface area (Å²) in [5.74, 6) is 0. The second kappa shape index (κ2) is 6.31. The van der Waals surface area contributed by atoms with E-state index in [9.17, 15) is 0 Å². The van der Waals surface area contributed by atoms with E-state index in [0.717, 1.165) is 25.1 Å². The van der Waals surface area contributed by atoms with Crippen molar-refractivity contribution in [1.82, 2.24) is 20.3 Å². The number of aryl methyl sites for hydroxylation is 2. The fourth-order valence-corrected chi connectivity index (χ4v) is 1.88. The van der Waals surface area contributed by atoms with Gasteiger partial charge in [-0.15, -0.1) is 5.10 Å². The smallest absolute Gasteiger partial charge is 0.0738 e. The van der Waals surface area contributed by atoms with Gasteiger partial charge in [-0.3, -0.25) is 4.68 Å². The summed E-state index contributed by atoms with van der Waals surface area (Å²) in [6.45, 7) is 3.03. The van der Waals surface area contributed by atoms with Crippen molar-refractivity contribution in [3.8, 4) is 0 Å². The van der Waals surface area contributed by atoms with Gasteiger partial charge in [-0.05, 0) is 25.3 Å². The number of nitrogens with zero attached hydrogens (tertiary/aromatic N) is 3. The van der Waals surface area contributed by atoms with Crippen molar-refractivity contribution in [3.05, 3.63) is 47.8 Å². The second-order valence-electron chi connectivity index (χ2n) is 4.66. The number of benzene rings is 1. The predicted octanol–water partition coefficient (Wildman–Crippen LogP) is 1.93. The molecule has 0 aliphatic carbocycles. The van der Waals surface area contributed by atoms with Gasteiger partial charge in [0.05, 0.1) is 11.9 Å². The van der Waals surface area contributed by atoms with Crippen molar-refractivity contribution in [2.75, 3.05) is 0 Å². The molecule has 0 saturated carbocycles. The molecule has 18 heavy (non-hydrogen) atoms. The van der Waals surface area contributed by atoms with Crippen LogP contribution in [-0.2, 0) is 20.0 Å². The average molecular weight is 244 g/mol. The van der Waals surface area contributed by atoms with Crippen LogP contribution in [0.25, 0.3) is 0 Å². The number of aromatic nitrogens is 3. The van der Waals surface area contributed by atoms with Gasteiger partial charge in [0.15, 0.2) is 0 Å². The maximum Gasteiger partial charge on any atom is 0.0738 e. The maximum atomic E-state index is 3.91. The van der Waals surface area contributed by atoms with Crippen LogP contribution in [0.15, 0.2) is 36.5 Å². The Kier molecular flexibility index (Phi) is 4.47. The summed E-state index contributed by atoms with van der Waals surface area (Å²) in [7, 11) is 1.92. The molecule has 1 heterocycles. The molecule has 0 amide bonds. The first-order chi connectivity index (χ1) is 8.75. The van der Waals surface area contributed by atoms with Gasteiger partial charge in [0.2, 0.25) is 0 Å². The Morgan fingerprint density at radius 1 is 1.28 bits per heavy atom. The molecular weight excluding hydrogens is 224 g/mol. The highest BCUT2D eigenvalue weighted by Crippen LogP contribution is 2.05. The Morgan fingerprint density at radius 2 is 2.06 bits per heavy atom. The molecule has 0 aliphatic rings. The molecule has 0 bridgehead atoms. The van der Waals surface area contributed by atoms with E-state index in [1.54, 1.807) is 10.9 Å². The third-order valence-corrected chi connectivity index (χ3v) is 3.15. The minimum absolute atomic E-state index is 0.486. The van der Waals surface area contributed by atoms with Crippen LogP contribution in [0.5, 0.6) is 0 Å². The summed E-state index contributed by atoms with van der Waals surface area (Å²) in [6.07, 6.45) is 4.05. The Bertz CT molecular complexity index is 464. The second-order valence-corrected chi connectivity index (χ2v) is 4.66. The summed E-state index contributed by atoms with van der Waals surface area (Å²) >= 11 is 0. The molecule has 2 rings (SSSR count). The summed E-state index contributed by atoms with van der Waals surface area (Å²) in [5, 5.41) is 11.3. The molecule has 1 atom stereocenters. The molecule has 4 heteroatoms. The minimum atomic E-state index is 0.486. The zero-order valence-corrected chi connectivity index (χ0v) is 11.0. The average Bonchev–Trinajstić information content (AvgIpc) is 2.81. The van der Waals surface area contributed by atoms with Gasteiger partial charge in [0.1, 0.15) is 0 Å². The third-order valence-electron chi connectivity index (χ3n) is 3.15. The first-order valence-corrected chi connectivity index (χ1v) is 6.36. The Labute approximate surface area is 108 Å². The summed E-state index contributed by atoms with van der Waals surface area (Å²) < 4.78 is 1.80. The summed E-state index contributed by atoms with van der Waals surface area (Å²) in [4.78, 5) is 0. The standard InChI is InChI=1S/C14H20N4/c1-12(8-9-13-6-4-3-5-7-13)15-10-14-11-16-17-18(14)2/h3-7,11-12,15H,8-10H2,1-2H3. The number of rotatable bonds is 6. The van der Waals surface area contributed by atoms with Crippen molar-refractivity contribution in [1.29, 1.82) is 0 Å². The van der Waals surface area contributed by atoms with Crippen LogP contribution in [0.2, 0.25) is 0 Å². The van der Waals surface area contributed by atoms with E-state index in [0.29, 0.717) is 6.04 Å². The quantitative estimate of drug-likeness (QED) is 0.844. The Hall–Kier alpha value is -1.68. The molecule has 1 unspecified atom stereocenters. The zero-order valence-electron chi connectivity index (χ0n) is 11.0. The fourth-order valence-electron chi connectivity index (χ4n) is 1.88. The molecule has 0 spiro atoms. The highest BCUT2D eigenvalue weighted by molar-refractivity contribution is 5.14. The van der Waals surface area contributed by atoms with Gasteiger partial charge >= 0.3 is 0 Å². The third kappa shape index (κ3) is 3.67. The largest absolute Gasteiger partial charge is 0.309 e. The number of hydrogen-bond acceptors (Lipinski definition) is 3. The molecule has 4 nitrogen and oxygen atoms in total. The van der Waals surface area contributed by atoms with Crippen LogP contribution in [-0.4, -0.2) is 21.0 Å². The van der Waals surface area contributed by atoms with Crippen molar-refractivity contribution in [2.24, 2.45) is 7.05 Å². The van der Waals surface area contributed by atoms with Crippen LogP contribution >= 0.6 is 0 Å². The summed E-state index contributed by atoms with van der Waals surface area (Å²) in [5.41, 5.74) is 2.51. The fraction of sp³-hybridized carbons (Fsp3) is 0.429. The van der Waals surface area contributed by atoms with Crippen molar-refractivity contribution >= 4 is 0 Å². The zero-order chi connectivity index (χ0) is 12.8. The Balaban J connectivity index is 1.73. The molecule has 2 aromatic rings. The van der Waals surface area contributed by atoms with E-state index >= 15 is 0 Å². The van der Waals surface area contributed by atoms with Gasteiger partial charge in [-0.25, -0.2) is 0 Å². The van der Waals surface area contributed by atoms with E-state index in [4.69, 9.17) is 0 Å². The van der Waals surface area contributed by atoms with Crippen molar-refractivity contribution in [3.63, 3.8) is 0 Å². The lowest BCUT2D eigenvalue weighted by Gasteiger charge is -2.13. The van der Waals surface area contributed by atoms with E-state index in [2.05, 4.69) is 52.9 Å². The van der Waals surface area contributed by atoms with E-state index < -0.39 is 0 Å². The first kappa shape index (κ1) is 12.8. The van der Waals surface area contributed by atoms with Gasteiger partial charge in [0, 0.05) is 19.6 Å². The highest BCUT2D eigenvalue weighted by atomic mass is 15.4. The van der Waals surface area contributed by atoms with Crippen molar-refractivity contribution < 1.29 is 0 Å². The highest BCUT2D eigenvalue weighted by Gasteiger charge is 2.04. The molecule has 0 saturated heterocycles. The number of nitrogens with one attached hydrogen (secondary N) is 1.